The number of rotatable bonds is 4. The predicted molar refractivity (Wildman–Crippen MR) is 113 cm³/mol. The Labute approximate surface area is 169 Å². The summed E-state index contributed by atoms with van der Waals surface area (Å²) in [5.41, 5.74) is 3.36. The van der Waals surface area contributed by atoms with Crippen LogP contribution in [0.1, 0.15) is 30.9 Å². The van der Waals surface area contributed by atoms with Gasteiger partial charge in [-0.3, -0.25) is 14.5 Å². The number of anilines is 2. The van der Waals surface area contributed by atoms with Crippen LogP contribution in [0.15, 0.2) is 59.1 Å². The standard InChI is InChI=1S/C22H21N3O2S/c1-14(2)16-7-9-18(10-8-16)25-20(26)13-28-22(25)19(12-23)21(27)24-17-6-4-5-15(3)11-17/h4-11,14H,13H2,1-3H3,(H,24,27)/b22-19-. The molecule has 6 heteroatoms. The minimum Gasteiger partial charge on any atom is -0.321 e. The van der Waals surface area contributed by atoms with E-state index < -0.39 is 5.91 Å². The van der Waals surface area contributed by atoms with E-state index in [9.17, 15) is 14.9 Å². The average Bonchev–Trinajstić information content (AvgIpc) is 3.03. The highest BCUT2D eigenvalue weighted by atomic mass is 32.2. The first kappa shape index (κ1) is 19.7. The monoisotopic (exact) mass is 391 g/mol. The molecule has 2 aromatic rings. The Morgan fingerprint density at radius 1 is 1.21 bits per heavy atom. The number of carbonyl (C=O) groups is 2. The van der Waals surface area contributed by atoms with Crippen molar-refractivity contribution >= 4 is 35.0 Å². The summed E-state index contributed by atoms with van der Waals surface area (Å²) < 4.78 is 0. The molecule has 1 N–H and O–H groups in total. The number of benzene rings is 2. The van der Waals surface area contributed by atoms with Gasteiger partial charge in [-0.1, -0.05) is 49.9 Å². The maximum atomic E-state index is 12.7. The van der Waals surface area contributed by atoms with Crippen LogP contribution in [0.2, 0.25) is 0 Å². The maximum Gasteiger partial charge on any atom is 0.269 e. The SMILES string of the molecule is Cc1cccc(NC(=O)/C(C#N)=C2\SCC(=O)N2c2ccc(C(C)C)cc2)c1. The van der Waals surface area contributed by atoms with E-state index in [0.29, 0.717) is 22.3 Å². The number of thioether (sulfide) groups is 1. The third-order valence-electron chi connectivity index (χ3n) is 4.43. The fraction of sp³-hybridized carbons (Fsp3) is 0.227. The molecule has 0 unspecified atom stereocenters. The number of hydrogen-bond acceptors (Lipinski definition) is 4. The molecule has 3 rings (SSSR count). The first-order valence-electron chi connectivity index (χ1n) is 8.99. The highest BCUT2D eigenvalue weighted by molar-refractivity contribution is 8.04. The van der Waals surface area contributed by atoms with Gasteiger partial charge in [0.2, 0.25) is 5.91 Å². The lowest BCUT2D eigenvalue weighted by molar-refractivity contribution is -0.115. The summed E-state index contributed by atoms with van der Waals surface area (Å²) >= 11 is 1.21. The summed E-state index contributed by atoms with van der Waals surface area (Å²) in [4.78, 5) is 26.7. The minimum absolute atomic E-state index is 0.0645. The zero-order valence-corrected chi connectivity index (χ0v) is 16.8. The zero-order valence-electron chi connectivity index (χ0n) is 16.0. The van der Waals surface area contributed by atoms with Crippen molar-refractivity contribution < 1.29 is 9.59 Å². The van der Waals surface area contributed by atoms with Gasteiger partial charge in [0, 0.05) is 11.4 Å². The van der Waals surface area contributed by atoms with E-state index >= 15 is 0 Å². The van der Waals surface area contributed by atoms with Crippen molar-refractivity contribution in [3.8, 4) is 6.07 Å². The largest absolute Gasteiger partial charge is 0.321 e. The van der Waals surface area contributed by atoms with Gasteiger partial charge in [0.05, 0.1) is 5.75 Å². The van der Waals surface area contributed by atoms with Gasteiger partial charge >= 0.3 is 0 Å². The molecule has 0 aliphatic carbocycles. The molecule has 1 aliphatic heterocycles. The molecule has 0 saturated carbocycles. The number of hydrogen-bond donors (Lipinski definition) is 1. The molecular formula is C22H21N3O2S. The first-order valence-corrected chi connectivity index (χ1v) is 9.97. The molecule has 1 fully saturated rings. The average molecular weight is 391 g/mol. The number of aryl methyl sites for hydroxylation is 1. The van der Waals surface area contributed by atoms with Crippen LogP contribution in [-0.2, 0) is 9.59 Å². The molecular weight excluding hydrogens is 370 g/mol. The summed E-state index contributed by atoms with van der Waals surface area (Å²) in [5, 5.41) is 12.8. The van der Waals surface area contributed by atoms with Gasteiger partial charge in [-0.05, 0) is 48.2 Å². The highest BCUT2D eigenvalue weighted by Crippen LogP contribution is 2.36. The van der Waals surface area contributed by atoms with E-state index in [4.69, 9.17) is 0 Å². The number of amides is 2. The van der Waals surface area contributed by atoms with Gasteiger partial charge in [-0.25, -0.2) is 0 Å². The maximum absolute atomic E-state index is 12.7. The van der Waals surface area contributed by atoms with E-state index in [1.54, 1.807) is 6.07 Å². The Morgan fingerprint density at radius 2 is 1.93 bits per heavy atom. The molecule has 1 saturated heterocycles. The van der Waals surface area contributed by atoms with Gasteiger partial charge in [-0.15, -0.1) is 0 Å². The van der Waals surface area contributed by atoms with Crippen LogP contribution in [-0.4, -0.2) is 17.6 Å². The molecule has 0 atom stereocenters. The van der Waals surface area contributed by atoms with Crippen LogP contribution in [0.3, 0.4) is 0 Å². The Morgan fingerprint density at radius 3 is 2.54 bits per heavy atom. The van der Waals surface area contributed by atoms with Crippen molar-refractivity contribution in [3.63, 3.8) is 0 Å². The van der Waals surface area contributed by atoms with Crippen LogP contribution in [0.25, 0.3) is 0 Å². The molecule has 0 spiro atoms. The lowest BCUT2D eigenvalue weighted by Gasteiger charge is -2.19. The van der Waals surface area contributed by atoms with E-state index in [1.165, 1.54) is 16.7 Å². The predicted octanol–water partition coefficient (Wildman–Crippen LogP) is 4.57. The van der Waals surface area contributed by atoms with E-state index in [1.807, 2.05) is 55.5 Å². The summed E-state index contributed by atoms with van der Waals surface area (Å²) in [6.07, 6.45) is 0. The summed E-state index contributed by atoms with van der Waals surface area (Å²) in [7, 11) is 0. The molecule has 0 radical (unpaired) electrons. The van der Waals surface area contributed by atoms with E-state index in [2.05, 4.69) is 19.2 Å². The van der Waals surface area contributed by atoms with E-state index in [-0.39, 0.29) is 17.2 Å². The summed E-state index contributed by atoms with van der Waals surface area (Å²) in [6, 6.07) is 17.0. The highest BCUT2D eigenvalue weighted by Gasteiger charge is 2.33. The number of nitrogens with one attached hydrogen (secondary N) is 1. The minimum atomic E-state index is -0.519. The molecule has 2 aromatic carbocycles. The third kappa shape index (κ3) is 4.10. The van der Waals surface area contributed by atoms with Crippen molar-refractivity contribution in [2.75, 3.05) is 16.0 Å². The van der Waals surface area contributed by atoms with E-state index in [0.717, 1.165) is 11.1 Å². The third-order valence-corrected chi connectivity index (χ3v) is 5.48. The van der Waals surface area contributed by atoms with Crippen LogP contribution in [0, 0.1) is 18.3 Å². The number of nitriles is 1. The second kappa shape index (κ2) is 8.32. The molecule has 5 nitrogen and oxygen atoms in total. The smallest absolute Gasteiger partial charge is 0.269 e. The van der Waals surface area contributed by atoms with Crippen molar-refractivity contribution in [1.29, 1.82) is 5.26 Å². The van der Waals surface area contributed by atoms with Crippen LogP contribution in [0.4, 0.5) is 11.4 Å². The second-order valence-corrected chi connectivity index (χ2v) is 7.84. The fourth-order valence-corrected chi connectivity index (χ4v) is 3.95. The fourth-order valence-electron chi connectivity index (χ4n) is 2.94. The van der Waals surface area contributed by atoms with Crippen LogP contribution < -0.4 is 10.2 Å². The Kier molecular flexibility index (Phi) is 5.86. The quantitative estimate of drug-likeness (QED) is 0.612. The number of carbonyl (C=O) groups excluding carboxylic acids is 2. The van der Waals surface area contributed by atoms with Gasteiger partial charge in [0.1, 0.15) is 16.7 Å². The van der Waals surface area contributed by atoms with Crippen LogP contribution >= 0.6 is 11.8 Å². The molecule has 1 heterocycles. The number of nitrogens with zero attached hydrogens (tertiary/aromatic N) is 2. The van der Waals surface area contributed by atoms with Gasteiger partial charge in [0.25, 0.3) is 5.91 Å². The zero-order chi connectivity index (χ0) is 20.3. The summed E-state index contributed by atoms with van der Waals surface area (Å²) in [6.45, 7) is 6.12. The van der Waals surface area contributed by atoms with Crippen molar-refractivity contribution in [1.82, 2.24) is 0 Å². The second-order valence-electron chi connectivity index (χ2n) is 6.88. The van der Waals surface area contributed by atoms with Crippen molar-refractivity contribution in [2.24, 2.45) is 0 Å². The van der Waals surface area contributed by atoms with Gasteiger partial charge in [-0.2, -0.15) is 5.26 Å². The Balaban J connectivity index is 1.94. The van der Waals surface area contributed by atoms with Crippen molar-refractivity contribution in [3.05, 3.63) is 70.3 Å². The molecule has 142 valence electrons. The normalized spacial score (nSPS) is 15.5. The molecule has 1 aliphatic rings. The lowest BCUT2D eigenvalue weighted by atomic mass is 10.0. The Hall–Kier alpha value is -3.04. The van der Waals surface area contributed by atoms with Crippen LogP contribution in [0.5, 0.6) is 0 Å². The van der Waals surface area contributed by atoms with Crippen molar-refractivity contribution in [2.45, 2.75) is 26.7 Å². The van der Waals surface area contributed by atoms with Gasteiger partial charge < -0.3 is 5.32 Å². The Bertz CT molecular complexity index is 988. The molecule has 0 bridgehead atoms. The first-order chi connectivity index (χ1) is 13.4. The topological polar surface area (TPSA) is 73.2 Å². The molecule has 2 amide bonds. The molecule has 0 aromatic heterocycles. The molecule has 28 heavy (non-hydrogen) atoms. The summed E-state index contributed by atoms with van der Waals surface area (Å²) in [5.74, 6) is -0.0885. The van der Waals surface area contributed by atoms with Gasteiger partial charge in [0.15, 0.2) is 0 Å². The lowest BCUT2D eigenvalue weighted by Crippen LogP contribution is -2.27.